The summed E-state index contributed by atoms with van der Waals surface area (Å²) in [6, 6.07) is 1.82. The zero-order chi connectivity index (χ0) is 13.4. The average molecular weight is 262 g/mol. The van der Waals surface area contributed by atoms with E-state index in [1.807, 2.05) is 13.0 Å². The number of hydrogen-bond donors (Lipinski definition) is 1. The molecule has 1 aliphatic carbocycles. The molecule has 100 valence electrons. The fraction of sp³-hybridized carbons (Fsp3) is 0.462. The fourth-order valence-electron chi connectivity index (χ4n) is 2.63. The van der Waals surface area contributed by atoms with Gasteiger partial charge in [0.2, 0.25) is 11.7 Å². The van der Waals surface area contributed by atoms with Crippen LogP contribution in [0, 0.1) is 12.8 Å². The molecule has 0 amide bonds. The van der Waals surface area contributed by atoms with Crippen molar-refractivity contribution in [3.63, 3.8) is 0 Å². The van der Waals surface area contributed by atoms with Crippen molar-refractivity contribution in [2.24, 2.45) is 5.92 Å². The summed E-state index contributed by atoms with van der Waals surface area (Å²) in [5.41, 5.74) is 0.925. The molecule has 2 atom stereocenters. The summed E-state index contributed by atoms with van der Waals surface area (Å²) in [4.78, 5) is 15.5. The normalized spacial score (nSPS) is 22.8. The van der Waals surface area contributed by atoms with Crippen molar-refractivity contribution in [3.05, 3.63) is 23.8 Å². The summed E-state index contributed by atoms with van der Waals surface area (Å²) < 4.78 is 10.5. The van der Waals surface area contributed by atoms with Crippen LogP contribution in [0.4, 0.5) is 0 Å². The molecule has 19 heavy (non-hydrogen) atoms. The number of aromatic nitrogens is 2. The topological polar surface area (TPSA) is 89.4 Å². The molecule has 6 nitrogen and oxygen atoms in total. The van der Waals surface area contributed by atoms with Gasteiger partial charge in [0.05, 0.1) is 18.1 Å². The second-order valence-electron chi connectivity index (χ2n) is 4.87. The molecule has 0 radical (unpaired) electrons. The Balaban J connectivity index is 1.89. The van der Waals surface area contributed by atoms with Crippen molar-refractivity contribution in [1.82, 2.24) is 10.1 Å². The second kappa shape index (κ2) is 4.53. The van der Waals surface area contributed by atoms with Gasteiger partial charge in [-0.2, -0.15) is 4.98 Å². The molecule has 0 aromatic carbocycles. The predicted octanol–water partition coefficient (Wildman–Crippen LogP) is 2.61. The first-order valence-corrected chi connectivity index (χ1v) is 6.27. The van der Waals surface area contributed by atoms with Crippen LogP contribution < -0.4 is 0 Å². The fourth-order valence-corrected chi connectivity index (χ4v) is 2.63. The Morgan fingerprint density at radius 2 is 2.32 bits per heavy atom. The van der Waals surface area contributed by atoms with Crippen LogP contribution in [0.3, 0.4) is 0 Å². The summed E-state index contributed by atoms with van der Waals surface area (Å²) >= 11 is 0. The van der Waals surface area contributed by atoms with Gasteiger partial charge < -0.3 is 14.0 Å². The molecule has 2 aromatic rings. The smallest absolute Gasteiger partial charge is 0.307 e. The molecule has 1 aliphatic rings. The van der Waals surface area contributed by atoms with Gasteiger partial charge in [-0.3, -0.25) is 4.79 Å². The van der Waals surface area contributed by atoms with E-state index >= 15 is 0 Å². The highest BCUT2D eigenvalue weighted by molar-refractivity contribution is 5.71. The van der Waals surface area contributed by atoms with Crippen LogP contribution in [-0.4, -0.2) is 21.2 Å². The van der Waals surface area contributed by atoms with Gasteiger partial charge in [0, 0.05) is 0 Å². The molecule has 6 heteroatoms. The van der Waals surface area contributed by atoms with Crippen LogP contribution in [0.15, 0.2) is 21.3 Å². The Labute approximate surface area is 109 Å². The van der Waals surface area contributed by atoms with Gasteiger partial charge in [-0.15, -0.1) is 0 Å². The van der Waals surface area contributed by atoms with E-state index < -0.39 is 11.9 Å². The van der Waals surface area contributed by atoms with E-state index in [0.29, 0.717) is 23.9 Å². The van der Waals surface area contributed by atoms with E-state index in [1.54, 1.807) is 6.26 Å². The first-order valence-electron chi connectivity index (χ1n) is 6.27. The van der Waals surface area contributed by atoms with Crippen molar-refractivity contribution >= 4 is 5.97 Å². The largest absolute Gasteiger partial charge is 0.481 e. The quantitative estimate of drug-likeness (QED) is 0.914. The molecule has 2 unspecified atom stereocenters. The monoisotopic (exact) mass is 262 g/mol. The van der Waals surface area contributed by atoms with E-state index in [-0.39, 0.29) is 5.92 Å². The SMILES string of the molecule is Cc1ccoc1-c1noc(C2CCCC2C(=O)O)n1. The lowest BCUT2D eigenvalue weighted by molar-refractivity contribution is -0.142. The lowest BCUT2D eigenvalue weighted by Crippen LogP contribution is -2.17. The van der Waals surface area contributed by atoms with Gasteiger partial charge in [-0.05, 0) is 31.4 Å². The molecule has 2 aromatic heterocycles. The minimum Gasteiger partial charge on any atom is -0.481 e. The number of aryl methyl sites for hydroxylation is 1. The molecule has 1 saturated carbocycles. The summed E-state index contributed by atoms with van der Waals surface area (Å²) in [5.74, 6) is -0.0550. The maximum Gasteiger partial charge on any atom is 0.307 e. The molecule has 0 aliphatic heterocycles. The number of rotatable bonds is 3. The van der Waals surface area contributed by atoms with Crippen molar-refractivity contribution in [2.75, 3.05) is 0 Å². The Morgan fingerprint density at radius 3 is 3.00 bits per heavy atom. The number of hydrogen-bond acceptors (Lipinski definition) is 5. The Kier molecular flexibility index (Phi) is 2.85. The van der Waals surface area contributed by atoms with Crippen LogP contribution in [-0.2, 0) is 4.79 Å². The standard InChI is InChI=1S/C13H14N2O4/c1-7-5-6-18-10(7)11-14-12(19-15-11)8-3-2-4-9(8)13(16)17/h5-6,8-9H,2-4H2,1H3,(H,16,17). The predicted molar refractivity (Wildman–Crippen MR) is 64.5 cm³/mol. The summed E-state index contributed by atoms with van der Waals surface area (Å²) in [6.45, 7) is 1.89. The number of carboxylic acids is 1. The van der Waals surface area contributed by atoms with Crippen LogP contribution >= 0.6 is 0 Å². The van der Waals surface area contributed by atoms with E-state index in [4.69, 9.17) is 8.94 Å². The summed E-state index contributed by atoms with van der Waals surface area (Å²) in [7, 11) is 0. The highest BCUT2D eigenvalue weighted by Gasteiger charge is 2.37. The maximum absolute atomic E-state index is 11.2. The lowest BCUT2D eigenvalue weighted by atomic mass is 9.96. The molecule has 0 bridgehead atoms. The van der Waals surface area contributed by atoms with Gasteiger partial charge in [-0.1, -0.05) is 11.6 Å². The molecule has 2 heterocycles. The second-order valence-corrected chi connectivity index (χ2v) is 4.87. The Morgan fingerprint density at radius 1 is 1.47 bits per heavy atom. The van der Waals surface area contributed by atoms with E-state index in [1.165, 1.54) is 0 Å². The van der Waals surface area contributed by atoms with Gasteiger partial charge in [0.25, 0.3) is 0 Å². The molecular weight excluding hydrogens is 248 g/mol. The lowest BCUT2D eigenvalue weighted by Gasteiger charge is -2.09. The maximum atomic E-state index is 11.2. The van der Waals surface area contributed by atoms with Crippen molar-refractivity contribution in [2.45, 2.75) is 32.1 Å². The Hall–Kier alpha value is -2.11. The minimum atomic E-state index is -0.795. The zero-order valence-corrected chi connectivity index (χ0v) is 10.5. The van der Waals surface area contributed by atoms with E-state index in [0.717, 1.165) is 18.4 Å². The van der Waals surface area contributed by atoms with Crippen molar-refractivity contribution in [3.8, 4) is 11.6 Å². The summed E-state index contributed by atoms with van der Waals surface area (Å²) in [5, 5.41) is 13.1. The van der Waals surface area contributed by atoms with Crippen LogP contribution in [0.1, 0.15) is 36.6 Å². The number of nitrogens with zero attached hydrogens (tertiary/aromatic N) is 2. The molecule has 0 saturated heterocycles. The van der Waals surface area contributed by atoms with Crippen LogP contribution in [0.2, 0.25) is 0 Å². The van der Waals surface area contributed by atoms with Gasteiger partial charge in [0.1, 0.15) is 0 Å². The number of carbonyl (C=O) groups is 1. The Bertz CT molecular complexity index is 601. The third-order valence-electron chi connectivity index (χ3n) is 3.66. The zero-order valence-electron chi connectivity index (χ0n) is 10.5. The van der Waals surface area contributed by atoms with Crippen molar-refractivity contribution < 1.29 is 18.8 Å². The van der Waals surface area contributed by atoms with E-state index in [9.17, 15) is 9.90 Å². The van der Waals surface area contributed by atoms with Gasteiger partial charge in [-0.25, -0.2) is 0 Å². The van der Waals surface area contributed by atoms with Gasteiger partial charge in [0.15, 0.2) is 5.76 Å². The third-order valence-corrected chi connectivity index (χ3v) is 3.66. The highest BCUT2D eigenvalue weighted by atomic mass is 16.5. The van der Waals surface area contributed by atoms with Crippen LogP contribution in [0.5, 0.6) is 0 Å². The van der Waals surface area contributed by atoms with Gasteiger partial charge >= 0.3 is 5.97 Å². The van der Waals surface area contributed by atoms with Crippen molar-refractivity contribution in [1.29, 1.82) is 0 Å². The van der Waals surface area contributed by atoms with E-state index in [2.05, 4.69) is 10.1 Å². The molecule has 1 fully saturated rings. The highest BCUT2D eigenvalue weighted by Crippen LogP contribution is 2.39. The number of aliphatic carboxylic acids is 1. The first kappa shape index (κ1) is 12.0. The minimum absolute atomic E-state index is 0.186. The number of furan rings is 1. The molecule has 0 spiro atoms. The summed E-state index contributed by atoms with van der Waals surface area (Å²) in [6.07, 6.45) is 3.88. The van der Waals surface area contributed by atoms with Crippen LogP contribution in [0.25, 0.3) is 11.6 Å². The average Bonchev–Trinajstić information content (AvgIpc) is 3.06. The first-order chi connectivity index (χ1) is 9.16. The third kappa shape index (κ3) is 2.03. The molecule has 1 N–H and O–H groups in total. The molecular formula is C13H14N2O4. The molecule has 3 rings (SSSR count). The number of carboxylic acid groups (broad SMARTS) is 1.